The van der Waals surface area contributed by atoms with Crippen LogP contribution in [-0.4, -0.2) is 28.8 Å². The van der Waals surface area contributed by atoms with Crippen LogP contribution in [0.3, 0.4) is 0 Å². The van der Waals surface area contributed by atoms with Gasteiger partial charge in [0.2, 0.25) is 0 Å². The Bertz CT molecular complexity index is 969. The van der Waals surface area contributed by atoms with Crippen LogP contribution in [0.5, 0.6) is 11.5 Å². The molecule has 30 heavy (non-hydrogen) atoms. The van der Waals surface area contributed by atoms with Crippen molar-refractivity contribution < 1.29 is 19.1 Å². The van der Waals surface area contributed by atoms with Crippen molar-refractivity contribution in [3.63, 3.8) is 0 Å². The van der Waals surface area contributed by atoms with Crippen molar-refractivity contribution in [1.29, 1.82) is 0 Å². The first-order valence-electron chi connectivity index (χ1n) is 10.2. The van der Waals surface area contributed by atoms with Gasteiger partial charge in [-0.05, 0) is 68.3 Å². The minimum atomic E-state index is -0.274. The van der Waals surface area contributed by atoms with Gasteiger partial charge in [0.15, 0.2) is 11.5 Å². The van der Waals surface area contributed by atoms with Crippen LogP contribution in [0.25, 0.3) is 6.08 Å². The van der Waals surface area contributed by atoms with Crippen molar-refractivity contribution in [2.24, 2.45) is 0 Å². The summed E-state index contributed by atoms with van der Waals surface area (Å²) in [6.07, 6.45) is 2.70. The molecule has 2 aromatic carbocycles. The van der Waals surface area contributed by atoms with Gasteiger partial charge in [0, 0.05) is 0 Å². The molecule has 0 radical (unpaired) electrons. The van der Waals surface area contributed by atoms with Crippen molar-refractivity contribution in [1.82, 2.24) is 4.90 Å². The van der Waals surface area contributed by atoms with E-state index in [9.17, 15) is 9.59 Å². The normalized spacial score (nSPS) is 16.3. The summed E-state index contributed by atoms with van der Waals surface area (Å²) in [4.78, 5) is 27.0. The fourth-order valence-corrected chi connectivity index (χ4v) is 3.90. The molecule has 2 aromatic rings. The van der Waals surface area contributed by atoms with Crippen LogP contribution < -0.4 is 9.47 Å². The van der Waals surface area contributed by atoms with Crippen LogP contribution in [0.4, 0.5) is 4.79 Å². The molecule has 2 amide bonds. The number of aryl methyl sites for hydroxylation is 1. The zero-order chi connectivity index (χ0) is 21.7. The number of hydrogen-bond acceptors (Lipinski definition) is 5. The number of benzene rings is 2. The molecule has 0 aromatic heterocycles. The second kappa shape index (κ2) is 9.85. The highest BCUT2D eigenvalue weighted by atomic mass is 32.2. The molecule has 1 saturated heterocycles. The Balaban J connectivity index is 1.81. The third kappa shape index (κ3) is 5.25. The fourth-order valence-electron chi connectivity index (χ4n) is 3.06. The smallest absolute Gasteiger partial charge is 0.293 e. The van der Waals surface area contributed by atoms with Gasteiger partial charge in [-0.25, -0.2) is 0 Å². The molecule has 1 fully saturated rings. The maximum absolute atomic E-state index is 12.8. The van der Waals surface area contributed by atoms with E-state index in [1.54, 1.807) is 6.08 Å². The lowest BCUT2D eigenvalue weighted by Gasteiger charge is -2.16. The molecule has 1 aliphatic heterocycles. The molecule has 158 valence electrons. The Labute approximate surface area is 182 Å². The second-order valence-corrected chi connectivity index (χ2v) is 8.23. The van der Waals surface area contributed by atoms with Gasteiger partial charge >= 0.3 is 0 Å². The van der Waals surface area contributed by atoms with E-state index in [1.807, 2.05) is 63.2 Å². The highest BCUT2D eigenvalue weighted by molar-refractivity contribution is 8.18. The number of carbonyl (C=O) groups excluding carboxylic acids is 2. The van der Waals surface area contributed by atoms with E-state index in [0.29, 0.717) is 23.0 Å². The maximum atomic E-state index is 12.8. The molecule has 0 bridgehead atoms. The molecule has 0 saturated carbocycles. The highest BCUT2D eigenvalue weighted by Gasteiger charge is 2.35. The first kappa shape index (κ1) is 22.0. The van der Waals surface area contributed by atoms with Crippen molar-refractivity contribution in [2.45, 2.75) is 46.8 Å². The number of amides is 2. The Morgan fingerprint density at radius 1 is 1.10 bits per heavy atom. The van der Waals surface area contributed by atoms with Crippen LogP contribution in [0.1, 0.15) is 43.9 Å². The van der Waals surface area contributed by atoms with Gasteiger partial charge in [-0.3, -0.25) is 14.5 Å². The first-order valence-corrected chi connectivity index (χ1v) is 11.0. The summed E-state index contributed by atoms with van der Waals surface area (Å²) in [5, 5.41) is -0.255. The molecule has 1 atom stereocenters. The molecule has 0 N–H and O–H groups in total. The predicted octanol–water partition coefficient (Wildman–Crippen LogP) is 5.81. The van der Waals surface area contributed by atoms with Crippen LogP contribution in [0, 0.1) is 6.92 Å². The summed E-state index contributed by atoms with van der Waals surface area (Å²) in [6, 6.07) is 13.4. The molecular formula is C24H27NO4S. The molecule has 1 heterocycles. The molecule has 1 unspecified atom stereocenters. The zero-order valence-corrected chi connectivity index (χ0v) is 18.6. The number of nitrogens with zero attached hydrogens (tertiary/aromatic N) is 1. The van der Waals surface area contributed by atoms with E-state index in [0.717, 1.165) is 34.9 Å². The van der Waals surface area contributed by atoms with Crippen LogP contribution >= 0.6 is 11.8 Å². The van der Waals surface area contributed by atoms with Crippen LogP contribution in [0.15, 0.2) is 47.4 Å². The first-order chi connectivity index (χ1) is 14.4. The summed E-state index contributed by atoms with van der Waals surface area (Å²) in [6.45, 7) is 8.75. The van der Waals surface area contributed by atoms with Crippen molar-refractivity contribution >= 4 is 29.0 Å². The van der Waals surface area contributed by atoms with E-state index in [4.69, 9.17) is 9.47 Å². The minimum absolute atomic E-state index is 0.0770. The number of imide groups is 1. The Morgan fingerprint density at radius 3 is 2.60 bits per heavy atom. The van der Waals surface area contributed by atoms with Gasteiger partial charge in [-0.2, -0.15) is 0 Å². The summed E-state index contributed by atoms with van der Waals surface area (Å²) in [5.41, 5.74) is 2.82. The number of rotatable bonds is 8. The van der Waals surface area contributed by atoms with Gasteiger partial charge < -0.3 is 9.47 Å². The molecule has 6 heteroatoms. The molecule has 5 nitrogen and oxygen atoms in total. The van der Waals surface area contributed by atoms with E-state index in [1.165, 1.54) is 4.90 Å². The van der Waals surface area contributed by atoms with Gasteiger partial charge in [-0.15, -0.1) is 0 Å². The molecule has 1 aliphatic rings. The van der Waals surface area contributed by atoms with Crippen molar-refractivity contribution in [3.05, 3.63) is 64.1 Å². The fraction of sp³-hybridized carbons (Fsp3) is 0.333. The lowest BCUT2D eigenvalue weighted by molar-refractivity contribution is -0.123. The van der Waals surface area contributed by atoms with E-state index in [-0.39, 0.29) is 23.8 Å². The van der Waals surface area contributed by atoms with Crippen molar-refractivity contribution in [2.75, 3.05) is 6.61 Å². The van der Waals surface area contributed by atoms with E-state index >= 15 is 0 Å². The van der Waals surface area contributed by atoms with Gasteiger partial charge in [0.25, 0.3) is 11.1 Å². The average Bonchev–Trinajstić information content (AvgIpc) is 2.97. The third-order valence-corrected chi connectivity index (χ3v) is 5.67. The lowest BCUT2D eigenvalue weighted by Crippen LogP contribution is -2.27. The van der Waals surface area contributed by atoms with Crippen molar-refractivity contribution in [3.8, 4) is 11.5 Å². The Kier molecular flexibility index (Phi) is 7.21. The largest absolute Gasteiger partial charge is 0.490 e. The van der Waals surface area contributed by atoms with Gasteiger partial charge in [-0.1, -0.05) is 42.8 Å². The molecular weight excluding hydrogens is 398 g/mol. The summed E-state index contributed by atoms with van der Waals surface area (Å²) in [7, 11) is 0. The number of hydrogen-bond donors (Lipinski definition) is 0. The van der Waals surface area contributed by atoms with Crippen LogP contribution in [-0.2, 0) is 11.3 Å². The summed E-state index contributed by atoms with van der Waals surface area (Å²) >= 11 is 0.964. The number of thioether (sulfide) groups is 1. The summed E-state index contributed by atoms with van der Waals surface area (Å²) < 4.78 is 11.6. The maximum Gasteiger partial charge on any atom is 0.293 e. The van der Waals surface area contributed by atoms with Gasteiger partial charge in [0.1, 0.15) is 0 Å². The van der Waals surface area contributed by atoms with E-state index in [2.05, 4.69) is 6.92 Å². The van der Waals surface area contributed by atoms with Crippen LogP contribution in [0.2, 0.25) is 0 Å². The third-order valence-electron chi connectivity index (χ3n) is 4.77. The van der Waals surface area contributed by atoms with Gasteiger partial charge in [0.05, 0.1) is 24.2 Å². The Hall–Kier alpha value is -2.73. The minimum Gasteiger partial charge on any atom is -0.490 e. The quantitative estimate of drug-likeness (QED) is 0.500. The number of carbonyl (C=O) groups is 2. The Morgan fingerprint density at radius 2 is 1.90 bits per heavy atom. The standard InChI is InChI=1S/C24H27NO4S/c1-5-17(4)29-20-11-10-18(13-21(20)28-6-2)14-22-23(26)25(24(27)30-22)15-19-9-7-8-16(3)12-19/h7-14,17H,5-6,15H2,1-4H3/b22-14-. The molecule has 0 aliphatic carbocycles. The average molecular weight is 426 g/mol. The predicted molar refractivity (Wildman–Crippen MR) is 121 cm³/mol. The highest BCUT2D eigenvalue weighted by Crippen LogP contribution is 2.35. The molecule has 0 spiro atoms. The summed E-state index contributed by atoms with van der Waals surface area (Å²) in [5.74, 6) is 1.03. The number of ether oxygens (including phenoxy) is 2. The molecule has 3 rings (SSSR count). The zero-order valence-electron chi connectivity index (χ0n) is 17.8. The lowest BCUT2D eigenvalue weighted by atomic mass is 10.1. The SMILES string of the molecule is CCOc1cc(/C=C2\SC(=O)N(Cc3cccc(C)c3)C2=O)ccc1OC(C)CC. The van der Waals surface area contributed by atoms with E-state index < -0.39 is 0 Å². The topological polar surface area (TPSA) is 55.8 Å². The monoisotopic (exact) mass is 425 g/mol. The second-order valence-electron chi connectivity index (χ2n) is 7.23.